The first-order valence-electron chi connectivity index (χ1n) is 7.82. The van der Waals surface area contributed by atoms with Gasteiger partial charge in [0.05, 0.1) is 24.0 Å². The second kappa shape index (κ2) is 6.25. The molecule has 4 rings (SSSR count). The Labute approximate surface area is 146 Å². The molecule has 0 bridgehead atoms. The second-order valence-corrected chi connectivity index (χ2v) is 6.73. The van der Waals surface area contributed by atoms with Gasteiger partial charge in [-0.15, -0.1) is 11.3 Å². The Kier molecular flexibility index (Phi) is 3.93. The number of hydrogen-bond donors (Lipinski definition) is 0. The van der Waals surface area contributed by atoms with Crippen LogP contribution >= 0.6 is 11.3 Å². The average molecular weight is 355 g/mol. The van der Waals surface area contributed by atoms with Crippen molar-refractivity contribution in [3.05, 3.63) is 69.7 Å². The molecule has 0 fully saturated rings. The van der Waals surface area contributed by atoms with Crippen molar-refractivity contribution in [1.29, 1.82) is 0 Å². The van der Waals surface area contributed by atoms with E-state index in [-0.39, 0.29) is 17.9 Å². The summed E-state index contributed by atoms with van der Waals surface area (Å²) < 4.78 is 20.2. The van der Waals surface area contributed by atoms with Gasteiger partial charge in [0.2, 0.25) is 5.89 Å². The van der Waals surface area contributed by atoms with Gasteiger partial charge in [-0.25, -0.2) is 14.4 Å². The van der Waals surface area contributed by atoms with Crippen molar-refractivity contribution in [1.82, 2.24) is 14.5 Å². The minimum atomic E-state index is -0.354. The van der Waals surface area contributed by atoms with Gasteiger partial charge in [0, 0.05) is 10.4 Å². The van der Waals surface area contributed by atoms with Crippen LogP contribution in [0.3, 0.4) is 0 Å². The number of thiophene rings is 1. The first kappa shape index (κ1) is 15.7. The maximum atomic E-state index is 13.3. The number of halogens is 1. The molecule has 126 valence electrons. The van der Waals surface area contributed by atoms with Crippen LogP contribution in [0.2, 0.25) is 0 Å². The van der Waals surface area contributed by atoms with Crippen molar-refractivity contribution >= 4 is 21.6 Å². The molecule has 4 aromatic rings. The van der Waals surface area contributed by atoms with Gasteiger partial charge < -0.3 is 4.42 Å². The first-order valence-corrected chi connectivity index (χ1v) is 8.64. The van der Waals surface area contributed by atoms with Crippen molar-refractivity contribution in [2.24, 2.45) is 0 Å². The number of oxazole rings is 1. The number of rotatable bonds is 4. The Bertz CT molecular complexity index is 1110. The van der Waals surface area contributed by atoms with Crippen LogP contribution < -0.4 is 5.56 Å². The molecule has 0 atom stereocenters. The largest absolute Gasteiger partial charge is 0.444 e. The monoisotopic (exact) mass is 355 g/mol. The predicted octanol–water partition coefficient (Wildman–Crippen LogP) is 3.86. The van der Waals surface area contributed by atoms with Crippen LogP contribution in [0.25, 0.3) is 21.7 Å². The van der Waals surface area contributed by atoms with E-state index in [4.69, 9.17) is 4.42 Å². The highest BCUT2D eigenvalue weighted by molar-refractivity contribution is 7.18. The smallest absolute Gasteiger partial charge is 0.262 e. The van der Waals surface area contributed by atoms with E-state index < -0.39 is 0 Å². The zero-order chi connectivity index (χ0) is 17.4. The molecule has 0 aliphatic heterocycles. The highest BCUT2D eigenvalue weighted by Gasteiger charge is 2.12. The lowest BCUT2D eigenvalue weighted by atomic mass is 10.2. The summed E-state index contributed by atoms with van der Waals surface area (Å²) in [6, 6.07) is 7.92. The third kappa shape index (κ3) is 2.98. The number of aryl methyl sites for hydroxylation is 1. The van der Waals surface area contributed by atoms with E-state index in [1.165, 1.54) is 40.6 Å². The Morgan fingerprint density at radius 1 is 1.32 bits per heavy atom. The van der Waals surface area contributed by atoms with Crippen LogP contribution in [-0.2, 0) is 13.0 Å². The summed E-state index contributed by atoms with van der Waals surface area (Å²) in [5.74, 6) is -0.0345. The van der Waals surface area contributed by atoms with Gasteiger partial charge in [0.25, 0.3) is 5.56 Å². The van der Waals surface area contributed by atoms with Gasteiger partial charge in [0.15, 0.2) is 0 Å². The lowest BCUT2D eigenvalue weighted by Crippen LogP contribution is -2.20. The quantitative estimate of drug-likeness (QED) is 0.558. The SMILES string of the molecule is CCc1cc2c(=O)n(Cc3coc(-c4cccc(F)c4)n3)cnc2s1. The molecular formula is C18H14FN3O2S. The molecule has 3 aromatic heterocycles. The summed E-state index contributed by atoms with van der Waals surface area (Å²) in [5.41, 5.74) is 1.03. The molecule has 0 amide bonds. The van der Waals surface area contributed by atoms with Crippen molar-refractivity contribution in [2.75, 3.05) is 0 Å². The Morgan fingerprint density at radius 3 is 3.00 bits per heavy atom. The van der Waals surface area contributed by atoms with Gasteiger partial charge in [-0.05, 0) is 30.7 Å². The summed E-state index contributed by atoms with van der Waals surface area (Å²) in [4.78, 5) is 23.2. The number of aromatic nitrogens is 3. The summed E-state index contributed by atoms with van der Waals surface area (Å²) in [7, 11) is 0. The maximum Gasteiger partial charge on any atom is 0.262 e. The standard InChI is InChI=1S/C18H14FN3O2S/c1-2-14-7-15-17(25-14)20-10-22(18(15)23)8-13-9-24-16(21-13)11-4-3-5-12(19)6-11/h3-7,9-10H,2,8H2,1H3. The number of fused-ring (bicyclic) bond motifs is 1. The highest BCUT2D eigenvalue weighted by atomic mass is 32.1. The molecule has 0 saturated heterocycles. The molecule has 3 heterocycles. The van der Waals surface area contributed by atoms with Gasteiger partial charge in [-0.2, -0.15) is 0 Å². The predicted molar refractivity (Wildman–Crippen MR) is 94.3 cm³/mol. The van der Waals surface area contributed by atoms with Crippen molar-refractivity contribution in [2.45, 2.75) is 19.9 Å². The third-order valence-corrected chi connectivity index (χ3v) is 5.06. The van der Waals surface area contributed by atoms with E-state index in [0.29, 0.717) is 22.5 Å². The fraction of sp³-hybridized carbons (Fsp3) is 0.167. The van der Waals surface area contributed by atoms with E-state index in [1.807, 2.05) is 13.0 Å². The van der Waals surface area contributed by atoms with E-state index >= 15 is 0 Å². The molecule has 7 heteroatoms. The summed E-state index contributed by atoms with van der Waals surface area (Å²) in [5, 5.41) is 0.623. The lowest BCUT2D eigenvalue weighted by molar-refractivity contribution is 0.569. The fourth-order valence-electron chi connectivity index (χ4n) is 2.60. The normalized spacial score (nSPS) is 11.3. The van der Waals surface area contributed by atoms with E-state index in [0.717, 1.165) is 16.1 Å². The topological polar surface area (TPSA) is 60.9 Å². The van der Waals surface area contributed by atoms with Crippen LogP contribution in [0.4, 0.5) is 4.39 Å². The van der Waals surface area contributed by atoms with Gasteiger partial charge in [-0.3, -0.25) is 9.36 Å². The molecule has 0 aliphatic rings. The van der Waals surface area contributed by atoms with Gasteiger partial charge in [-0.1, -0.05) is 13.0 Å². The molecule has 1 aromatic carbocycles. The maximum absolute atomic E-state index is 13.3. The molecule has 25 heavy (non-hydrogen) atoms. The van der Waals surface area contributed by atoms with Crippen LogP contribution in [0, 0.1) is 5.82 Å². The zero-order valence-electron chi connectivity index (χ0n) is 13.4. The summed E-state index contributed by atoms with van der Waals surface area (Å²) in [6.45, 7) is 2.30. The summed E-state index contributed by atoms with van der Waals surface area (Å²) >= 11 is 1.54. The van der Waals surface area contributed by atoms with E-state index in [1.54, 1.807) is 12.1 Å². The Hall–Kier alpha value is -2.80. The fourth-order valence-corrected chi connectivity index (χ4v) is 3.53. The minimum Gasteiger partial charge on any atom is -0.444 e. The number of nitrogens with zero attached hydrogens (tertiary/aromatic N) is 3. The molecule has 0 N–H and O–H groups in total. The van der Waals surface area contributed by atoms with Crippen molar-refractivity contribution in [3.8, 4) is 11.5 Å². The van der Waals surface area contributed by atoms with Crippen LogP contribution in [0.15, 0.2) is 52.1 Å². The molecule has 5 nitrogen and oxygen atoms in total. The van der Waals surface area contributed by atoms with E-state index in [2.05, 4.69) is 9.97 Å². The molecule has 0 radical (unpaired) electrons. The van der Waals surface area contributed by atoms with Gasteiger partial charge >= 0.3 is 0 Å². The lowest BCUT2D eigenvalue weighted by Gasteiger charge is -2.01. The number of benzene rings is 1. The Balaban J connectivity index is 1.66. The molecule has 0 saturated carbocycles. The highest BCUT2D eigenvalue weighted by Crippen LogP contribution is 2.22. The zero-order valence-corrected chi connectivity index (χ0v) is 14.2. The number of hydrogen-bond acceptors (Lipinski definition) is 5. The van der Waals surface area contributed by atoms with Crippen LogP contribution in [0.1, 0.15) is 17.5 Å². The first-order chi connectivity index (χ1) is 12.1. The molecular weight excluding hydrogens is 341 g/mol. The molecule has 0 aliphatic carbocycles. The molecule has 0 spiro atoms. The van der Waals surface area contributed by atoms with Crippen molar-refractivity contribution < 1.29 is 8.81 Å². The molecule has 0 unspecified atom stereocenters. The Morgan fingerprint density at radius 2 is 2.20 bits per heavy atom. The van der Waals surface area contributed by atoms with E-state index in [9.17, 15) is 9.18 Å². The van der Waals surface area contributed by atoms with Crippen LogP contribution in [0.5, 0.6) is 0 Å². The minimum absolute atomic E-state index is 0.101. The van der Waals surface area contributed by atoms with Crippen molar-refractivity contribution in [3.63, 3.8) is 0 Å². The third-order valence-electron chi connectivity index (χ3n) is 3.87. The average Bonchev–Trinajstić information content (AvgIpc) is 3.24. The summed E-state index contributed by atoms with van der Waals surface area (Å²) in [6.07, 6.45) is 3.87. The van der Waals surface area contributed by atoms with Crippen LogP contribution in [-0.4, -0.2) is 14.5 Å². The van der Waals surface area contributed by atoms with Gasteiger partial charge in [0.1, 0.15) is 16.9 Å². The second-order valence-electron chi connectivity index (χ2n) is 5.62.